The Labute approximate surface area is 198 Å². The fraction of sp³-hybridized carbons (Fsp3) is 0.280. The minimum absolute atomic E-state index is 0.295. The SMILES string of the molecule is CCC(CC)(c1ccc(NC(=O)C=Cc2c(C)nn(C)c2-c2ccc(F)cc2)cc1)P(=O)(O)O. The predicted molar refractivity (Wildman–Crippen MR) is 132 cm³/mol. The minimum Gasteiger partial charge on any atom is -0.324 e. The monoisotopic (exact) mass is 485 g/mol. The first-order valence-corrected chi connectivity index (χ1v) is 12.6. The molecule has 0 radical (unpaired) electrons. The summed E-state index contributed by atoms with van der Waals surface area (Å²) in [6, 6.07) is 12.6. The van der Waals surface area contributed by atoms with Crippen LogP contribution in [-0.2, 0) is 21.6 Å². The number of nitrogens with zero attached hydrogens (tertiary/aromatic N) is 2. The normalized spacial score (nSPS) is 12.3. The Hall–Kier alpha value is -3.06. The van der Waals surface area contributed by atoms with Crippen LogP contribution in [0.4, 0.5) is 10.1 Å². The van der Waals surface area contributed by atoms with E-state index in [4.69, 9.17) is 0 Å². The average Bonchev–Trinajstić information content (AvgIpc) is 3.07. The molecule has 9 heteroatoms. The van der Waals surface area contributed by atoms with E-state index in [9.17, 15) is 23.5 Å². The van der Waals surface area contributed by atoms with E-state index in [-0.39, 0.29) is 11.7 Å². The van der Waals surface area contributed by atoms with E-state index in [2.05, 4.69) is 10.4 Å². The first kappa shape index (κ1) is 25.6. The van der Waals surface area contributed by atoms with Crippen LogP contribution >= 0.6 is 7.60 Å². The Morgan fingerprint density at radius 1 is 1.12 bits per heavy atom. The summed E-state index contributed by atoms with van der Waals surface area (Å²) in [4.78, 5) is 32.4. The van der Waals surface area contributed by atoms with E-state index >= 15 is 0 Å². The van der Waals surface area contributed by atoms with Gasteiger partial charge >= 0.3 is 7.60 Å². The van der Waals surface area contributed by atoms with Crippen molar-refractivity contribution in [3.63, 3.8) is 0 Å². The van der Waals surface area contributed by atoms with Crippen molar-refractivity contribution in [1.29, 1.82) is 0 Å². The lowest BCUT2D eigenvalue weighted by atomic mass is 9.92. The van der Waals surface area contributed by atoms with E-state index in [0.717, 1.165) is 22.5 Å². The highest BCUT2D eigenvalue weighted by Crippen LogP contribution is 2.60. The second-order valence-corrected chi connectivity index (χ2v) is 10.1. The van der Waals surface area contributed by atoms with Gasteiger partial charge in [-0.05, 0) is 67.8 Å². The summed E-state index contributed by atoms with van der Waals surface area (Å²) in [5.74, 6) is -0.700. The fourth-order valence-electron chi connectivity index (χ4n) is 4.27. The van der Waals surface area contributed by atoms with Crippen LogP contribution in [0, 0.1) is 12.7 Å². The molecule has 0 aliphatic carbocycles. The first-order valence-electron chi connectivity index (χ1n) is 11.0. The zero-order chi connectivity index (χ0) is 25.1. The van der Waals surface area contributed by atoms with Crippen molar-refractivity contribution in [1.82, 2.24) is 9.78 Å². The van der Waals surface area contributed by atoms with Gasteiger partial charge in [-0.25, -0.2) is 4.39 Å². The van der Waals surface area contributed by atoms with Gasteiger partial charge < -0.3 is 15.1 Å². The van der Waals surface area contributed by atoms with Crippen LogP contribution in [0.1, 0.15) is 43.5 Å². The van der Waals surface area contributed by atoms with Gasteiger partial charge in [-0.3, -0.25) is 14.0 Å². The van der Waals surface area contributed by atoms with Gasteiger partial charge in [-0.15, -0.1) is 0 Å². The number of hydrogen-bond acceptors (Lipinski definition) is 3. The van der Waals surface area contributed by atoms with Crippen LogP contribution < -0.4 is 5.32 Å². The molecule has 0 fully saturated rings. The maximum absolute atomic E-state index is 13.3. The Morgan fingerprint density at radius 2 is 1.71 bits per heavy atom. The summed E-state index contributed by atoms with van der Waals surface area (Å²) in [6.45, 7) is 5.34. The Balaban J connectivity index is 1.80. The molecule has 2 aromatic carbocycles. The molecular weight excluding hydrogens is 456 g/mol. The molecule has 0 aliphatic heterocycles. The van der Waals surface area contributed by atoms with Gasteiger partial charge in [-0.1, -0.05) is 26.0 Å². The highest BCUT2D eigenvalue weighted by atomic mass is 31.2. The topological polar surface area (TPSA) is 104 Å². The van der Waals surface area contributed by atoms with Crippen LogP contribution in [0.5, 0.6) is 0 Å². The molecule has 3 rings (SSSR count). The summed E-state index contributed by atoms with van der Waals surface area (Å²) in [6.07, 6.45) is 3.65. The molecular formula is C25H29FN3O4P. The molecule has 0 unspecified atom stereocenters. The van der Waals surface area contributed by atoms with E-state index in [1.807, 2.05) is 6.92 Å². The third-order valence-corrected chi connectivity index (χ3v) is 8.21. The molecule has 0 saturated carbocycles. The van der Waals surface area contributed by atoms with Crippen molar-refractivity contribution in [2.24, 2.45) is 7.05 Å². The molecule has 3 N–H and O–H groups in total. The summed E-state index contributed by atoms with van der Waals surface area (Å²) in [5, 5.41) is 5.93. The van der Waals surface area contributed by atoms with Gasteiger partial charge in [0.15, 0.2) is 0 Å². The van der Waals surface area contributed by atoms with Crippen molar-refractivity contribution in [3.8, 4) is 11.3 Å². The maximum Gasteiger partial charge on any atom is 0.335 e. The number of nitrogens with one attached hydrogen (secondary N) is 1. The molecule has 0 aliphatic rings. The van der Waals surface area contributed by atoms with Gasteiger partial charge in [0.1, 0.15) is 5.82 Å². The molecule has 1 heterocycles. The Morgan fingerprint density at radius 3 is 2.24 bits per heavy atom. The molecule has 0 spiro atoms. The van der Waals surface area contributed by atoms with Gasteiger partial charge in [0.25, 0.3) is 0 Å². The van der Waals surface area contributed by atoms with Gasteiger partial charge in [-0.2, -0.15) is 5.10 Å². The molecule has 1 amide bonds. The highest BCUT2D eigenvalue weighted by Gasteiger charge is 2.45. The van der Waals surface area contributed by atoms with E-state index < -0.39 is 12.8 Å². The molecule has 7 nitrogen and oxygen atoms in total. The summed E-state index contributed by atoms with van der Waals surface area (Å²) in [7, 11) is -2.59. The third kappa shape index (κ3) is 5.04. The van der Waals surface area contributed by atoms with Crippen molar-refractivity contribution in [3.05, 3.63) is 77.2 Å². The largest absolute Gasteiger partial charge is 0.335 e. The molecule has 3 aromatic rings. The second-order valence-electron chi connectivity index (χ2n) is 8.16. The van der Waals surface area contributed by atoms with Crippen LogP contribution in [-0.4, -0.2) is 25.5 Å². The van der Waals surface area contributed by atoms with Crippen molar-refractivity contribution in [2.45, 2.75) is 38.8 Å². The van der Waals surface area contributed by atoms with Crippen molar-refractivity contribution < 1.29 is 23.5 Å². The lowest BCUT2D eigenvalue weighted by Crippen LogP contribution is -2.24. The summed E-state index contributed by atoms with van der Waals surface area (Å²) in [5.41, 5.74) is 4.06. The molecule has 0 atom stereocenters. The Bertz CT molecular complexity index is 1240. The first-order chi connectivity index (χ1) is 16.0. The second kappa shape index (κ2) is 10.1. The van der Waals surface area contributed by atoms with Crippen LogP contribution in [0.25, 0.3) is 17.3 Å². The molecule has 1 aromatic heterocycles. The van der Waals surface area contributed by atoms with Crippen LogP contribution in [0.2, 0.25) is 0 Å². The van der Waals surface area contributed by atoms with Crippen LogP contribution in [0.3, 0.4) is 0 Å². The zero-order valence-electron chi connectivity index (χ0n) is 19.6. The number of benzene rings is 2. The fourth-order valence-corrected chi connectivity index (χ4v) is 5.58. The standard InChI is InChI=1S/C25H29FN3O4P/c1-5-25(6-2,34(31,32)33)19-9-13-21(14-10-19)27-23(30)16-15-22-17(3)28-29(4)24(22)18-7-11-20(26)12-8-18/h7-16H,5-6H2,1-4H3,(H,27,30)(H2,31,32,33). The number of rotatable bonds is 8. The quantitative estimate of drug-likeness (QED) is 0.294. The number of carbonyl (C=O) groups excluding carboxylic acids is 1. The summed E-state index contributed by atoms with van der Waals surface area (Å²) < 4.78 is 27.2. The number of anilines is 1. The number of hydrogen-bond donors (Lipinski definition) is 3. The lowest BCUT2D eigenvalue weighted by Gasteiger charge is -2.33. The highest BCUT2D eigenvalue weighted by molar-refractivity contribution is 7.53. The number of halogens is 1. The summed E-state index contributed by atoms with van der Waals surface area (Å²) >= 11 is 0. The average molecular weight is 485 g/mol. The van der Waals surface area contributed by atoms with Crippen LogP contribution in [0.15, 0.2) is 54.6 Å². The number of aromatic nitrogens is 2. The smallest absolute Gasteiger partial charge is 0.324 e. The molecule has 0 bridgehead atoms. The van der Waals surface area contributed by atoms with E-state index in [1.54, 1.807) is 68.1 Å². The van der Waals surface area contributed by atoms with Gasteiger partial charge in [0, 0.05) is 29.9 Å². The minimum atomic E-state index is -4.38. The van der Waals surface area contributed by atoms with Crippen molar-refractivity contribution in [2.75, 3.05) is 5.32 Å². The number of carbonyl (C=O) groups is 1. The third-order valence-electron chi connectivity index (χ3n) is 6.20. The molecule has 0 saturated heterocycles. The van der Waals surface area contributed by atoms with E-state index in [1.165, 1.54) is 18.2 Å². The Kier molecular flexibility index (Phi) is 7.56. The van der Waals surface area contributed by atoms with Gasteiger partial charge in [0.05, 0.1) is 16.5 Å². The maximum atomic E-state index is 13.3. The predicted octanol–water partition coefficient (Wildman–Crippen LogP) is 5.38. The number of amides is 1. The van der Waals surface area contributed by atoms with Crippen molar-refractivity contribution >= 4 is 25.3 Å². The molecule has 34 heavy (non-hydrogen) atoms. The molecule has 180 valence electrons. The number of aryl methyl sites for hydroxylation is 2. The van der Waals surface area contributed by atoms with Gasteiger partial charge in [0.2, 0.25) is 5.91 Å². The van der Waals surface area contributed by atoms with E-state index in [0.29, 0.717) is 24.1 Å². The zero-order valence-corrected chi connectivity index (χ0v) is 20.5. The lowest BCUT2D eigenvalue weighted by molar-refractivity contribution is -0.111.